The van der Waals surface area contributed by atoms with Crippen molar-refractivity contribution in [2.45, 2.75) is 57.7 Å². The number of hydrogen-bond acceptors (Lipinski definition) is 4. The van der Waals surface area contributed by atoms with Crippen molar-refractivity contribution >= 4 is 0 Å². The molecule has 0 atom stereocenters. The molecule has 1 saturated carbocycles. The van der Waals surface area contributed by atoms with Gasteiger partial charge in [0.25, 0.3) is 0 Å². The van der Waals surface area contributed by atoms with Crippen LogP contribution < -0.4 is 5.32 Å². The number of hydrogen-bond donors (Lipinski definition) is 1. The number of aromatic nitrogens is 1. The molecule has 0 aromatic carbocycles. The molecule has 1 aliphatic rings. The maximum Gasteiger partial charge on any atom is 0.208 e. The van der Waals surface area contributed by atoms with Gasteiger partial charge in [0.1, 0.15) is 5.76 Å². The summed E-state index contributed by atoms with van der Waals surface area (Å²) >= 11 is 0. The van der Waals surface area contributed by atoms with E-state index in [1.807, 2.05) is 6.20 Å². The summed E-state index contributed by atoms with van der Waals surface area (Å²) in [4.78, 5) is 4.25. The van der Waals surface area contributed by atoms with Crippen molar-refractivity contribution in [1.29, 1.82) is 0 Å². The molecule has 1 aliphatic carbocycles. The lowest BCUT2D eigenvalue weighted by Crippen LogP contribution is -2.34. The average molecular weight is 238 g/mol. The first kappa shape index (κ1) is 12.6. The van der Waals surface area contributed by atoms with Crippen LogP contribution in [0.15, 0.2) is 10.6 Å². The number of nitrogens with one attached hydrogen (secondary N) is 1. The molecule has 0 saturated heterocycles. The molecule has 1 aromatic heterocycles. The van der Waals surface area contributed by atoms with Crippen LogP contribution in [-0.4, -0.2) is 24.2 Å². The first-order valence-corrected chi connectivity index (χ1v) is 6.51. The van der Waals surface area contributed by atoms with E-state index in [0.29, 0.717) is 12.1 Å². The van der Waals surface area contributed by atoms with Crippen molar-refractivity contribution in [1.82, 2.24) is 10.3 Å². The fraction of sp³-hybridized carbons (Fsp3) is 0.769. The van der Waals surface area contributed by atoms with Gasteiger partial charge in [-0.2, -0.15) is 0 Å². The molecular weight excluding hydrogens is 216 g/mol. The fourth-order valence-corrected chi connectivity index (χ4v) is 2.33. The van der Waals surface area contributed by atoms with E-state index in [1.165, 1.54) is 12.8 Å². The van der Waals surface area contributed by atoms with E-state index in [4.69, 9.17) is 9.15 Å². The highest BCUT2D eigenvalue weighted by molar-refractivity contribution is 4.93. The molecule has 0 spiro atoms. The predicted octanol–water partition coefficient (Wildman–Crippen LogP) is 2.28. The monoisotopic (exact) mass is 238 g/mol. The van der Waals surface area contributed by atoms with E-state index >= 15 is 0 Å². The molecule has 0 amide bonds. The molecule has 0 unspecified atom stereocenters. The molecule has 0 bridgehead atoms. The molecule has 2 rings (SSSR count). The van der Waals surface area contributed by atoms with Crippen molar-refractivity contribution < 1.29 is 9.15 Å². The van der Waals surface area contributed by atoms with Gasteiger partial charge >= 0.3 is 0 Å². The number of oxazole rings is 1. The zero-order chi connectivity index (χ0) is 12.1. The number of methoxy groups -OCH3 is 1. The normalized spacial score (nSPS) is 25.1. The number of ether oxygens (including phenoxy) is 1. The highest BCUT2D eigenvalue weighted by Gasteiger charge is 2.20. The zero-order valence-electron chi connectivity index (χ0n) is 10.7. The van der Waals surface area contributed by atoms with Crippen molar-refractivity contribution in [3.63, 3.8) is 0 Å². The van der Waals surface area contributed by atoms with E-state index < -0.39 is 0 Å². The SMILES string of the molecule is CCc1cnc(CNC2CCC(OC)CC2)o1. The van der Waals surface area contributed by atoms with Crippen LogP contribution in [0.1, 0.15) is 44.3 Å². The average Bonchev–Trinajstić information content (AvgIpc) is 2.85. The second-order valence-electron chi connectivity index (χ2n) is 4.66. The third-order valence-electron chi connectivity index (χ3n) is 3.50. The maximum atomic E-state index is 5.57. The Morgan fingerprint density at radius 3 is 2.76 bits per heavy atom. The minimum atomic E-state index is 0.460. The van der Waals surface area contributed by atoms with Gasteiger partial charge in [0.2, 0.25) is 5.89 Å². The van der Waals surface area contributed by atoms with Gasteiger partial charge in [0, 0.05) is 19.6 Å². The molecule has 1 N–H and O–H groups in total. The van der Waals surface area contributed by atoms with Crippen molar-refractivity contribution in [3.05, 3.63) is 17.8 Å². The van der Waals surface area contributed by atoms with Gasteiger partial charge in [-0.1, -0.05) is 6.92 Å². The number of nitrogens with zero attached hydrogens (tertiary/aromatic N) is 1. The van der Waals surface area contributed by atoms with Gasteiger partial charge in [-0.25, -0.2) is 4.98 Å². The number of aryl methyl sites for hydroxylation is 1. The van der Waals surface area contributed by atoms with Gasteiger partial charge in [-0.3, -0.25) is 0 Å². The van der Waals surface area contributed by atoms with Crippen molar-refractivity contribution in [2.75, 3.05) is 7.11 Å². The Balaban J connectivity index is 1.72. The predicted molar refractivity (Wildman–Crippen MR) is 65.8 cm³/mol. The largest absolute Gasteiger partial charge is 0.444 e. The number of rotatable bonds is 5. The fourth-order valence-electron chi connectivity index (χ4n) is 2.33. The van der Waals surface area contributed by atoms with Crippen LogP contribution in [-0.2, 0) is 17.7 Å². The van der Waals surface area contributed by atoms with Crippen LogP contribution in [0.25, 0.3) is 0 Å². The Hall–Kier alpha value is -0.870. The lowest BCUT2D eigenvalue weighted by atomic mass is 9.93. The van der Waals surface area contributed by atoms with E-state index in [0.717, 1.165) is 37.5 Å². The van der Waals surface area contributed by atoms with E-state index in [2.05, 4.69) is 17.2 Å². The maximum absolute atomic E-state index is 5.57. The molecule has 1 fully saturated rings. The molecule has 0 aliphatic heterocycles. The van der Waals surface area contributed by atoms with Crippen LogP contribution in [0.2, 0.25) is 0 Å². The van der Waals surface area contributed by atoms with Gasteiger partial charge in [0.05, 0.1) is 18.8 Å². The third-order valence-corrected chi connectivity index (χ3v) is 3.50. The van der Waals surface area contributed by atoms with Gasteiger partial charge in [-0.15, -0.1) is 0 Å². The summed E-state index contributed by atoms with van der Waals surface area (Å²) < 4.78 is 10.9. The lowest BCUT2D eigenvalue weighted by Gasteiger charge is -2.27. The standard InChI is InChI=1S/C13H22N2O2/c1-3-11-8-15-13(17-11)9-14-10-4-6-12(16-2)7-5-10/h8,10,12,14H,3-7,9H2,1-2H3. The Labute approximate surface area is 103 Å². The van der Waals surface area contributed by atoms with Gasteiger partial charge < -0.3 is 14.5 Å². The summed E-state index contributed by atoms with van der Waals surface area (Å²) in [5, 5.41) is 3.51. The molecule has 96 valence electrons. The Morgan fingerprint density at radius 1 is 1.41 bits per heavy atom. The van der Waals surface area contributed by atoms with Crippen LogP contribution in [0, 0.1) is 0 Å². The van der Waals surface area contributed by atoms with Crippen molar-refractivity contribution in [3.8, 4) is 0 Å². The molecule has 0 radical (unpaired) electrons. The second kappa shape index (κ2) is 6.17. The van der Waals surface area contributed by atoms with Gasteiger partial charge in [0.15, 0.2) is 0 Å². The molecule has 1 heterocycles. The summed E-state index contributed by atoms with van der Waals surface area (Å²) in [7, 11) is 1.80. The highest BCUT2D eigenvalue weighted by Crippen LogP contribution is 2.20. The quantitative estimate of drug-likeness (QED) is 0.855. The van der Waals surface area contributed by atoms with Crippen molar-refractivity contribution in [2.24, 2.45) is 0 Å². The topological polar surface area (TPSA) is 47.3 Å². The molecule has 4 heteroatoms. The van der Waals surface area contributed by atoms with Crippen LogP contribution >= 0.6 is 0 Å². The lowest BCUT2D eigenvalue weighted by molar-refractivity contribution is 0.0621. The van der Waals surface area contributed by atoms with E-state index in [1.54, 1.807) is 7.11 Å². The molecule has 1 aromatic rings. The molecule has 4 nitrogen and oxygen atoms in total. The Kier molecular flexibility index (Phi) is 4.57. The summed E-state index contributed by atoms with van der Waals surface area (Å²) in [6.07, 6.45) is 7.85. The van der Waals surface area contributed by atoms with Crippen LogP contribution in [0.4, 0.5) is 0 Å². The summed E-state index contributed by atoms with van der Waals surface area (Å²) in [6.45, 7) is 2.81. The summed E-state index contributed by atoms with van der Waals surface area (Å²) in [5.41, 5.74) is 0. The molecular formula is C13H22N2O2. The van der Waals surface area contributed by atoms with Gasteiger partial charge in [-0.05, 0) is 25.7 Å². The second-order valence-corrected chi connectivity index (χ2v) is 4.66. The third kappa shape index (κ3) is 3.54. The summed E-state index contributed by atoms with van der Waals surface area (Å²) in [5.74, 6) is 1.76. The zero-order valence-corrected chi connectivity index (χ0v) is 10.7. The molecule has 17 heavy (non-hydrogen) atoms. The first-order valence-electron chi connectivity index (χ1n) is 6.51. The first-order chi connectivity index (χ1) is 8.31. The minimum absolute atomic E-state index is 0.460. The summed E-state index contributed by atoms with van der Waals surface area (Å²) in [6, 6.07) is 0.582. The Morgan fingerprint density at radius 2 is 2.18 bits per heavy atom. The van der Waals surface area contributed by atoms with Crippen LogP contribution in [0.5, 0.6) is 0 Å². The van der Waals surface area contributed by atoms with E-state index in [9.17, 15) is 0 Å². The van der Waals surface area contributed by atoms with Crippen LogP contribution in [0.3, 0.4) is 0 Å². The highest BCUT2D eigenvalue weighted by atomic mass is 16.5. The van der Waals surface area contributed by atoms with E-state index in [-0.39, 0.29) is 0 Å². The Bertz CT molecular complexity index is 330. The smallest absolute Gasteiger partial charge is 0.208 e. The minimum Gasteiger partial charge on any atom is -0.444 e.